The number of thiazole rings is 1. The topological polar surface area (TPSA) is 82.5 Å². The van der Waals surface area contributed by atoms with Crippen LogP contribution >= 0.6 is 11.3 Å². The van der Waals surface area contributed by atoms with E-state index in [0.717, 1.165) is 58.2 Å². The second-order valence-electron chi connectivity index (χ2n) is 8.46. The van der Waals surface area contributed by atoms with Gasteiger partial charge in [0.1, 0.15) is 0 Å². The van der Waals surface area contributed by atoms with E-state index in [2.05, 4.69) is 45.5 Å². The number of carbonyl (C=O) groups is 1. The van der Waals surface area contributed by atoms with Gasteiger partial charge in [0.05, 0.1) is 17.1 Å². The predicted octanol–water partition coefficient (Wildman–Crippen LogP) is 4.27. The van der Waals surface area contributed by atoms with Gasteiger partial charge >= 0.3 is 6.03 Å². The Bertz CT molecular complexity index is 1150. The van der Waals surface area contributed by atoms with Gasteiger partial charge < -0.3 is 10.2 Å². The molecule has 3 aromatic rings. The molecule has 2 atom stereocenters. The maximum atomic E-state index is 13.0. The third kappa shape index (κ3) is 3.91. The lowest BCUT2D eigenvalue weighted by Crippen LogP contribution is -2.70. The van der Waals surface area contributed by atoms with Gasteiger partial charge in [-0.3, -0.25) is 15.3 Å². The van der Waals surface area contributed by atoms with Gasteiger partial charge in [-0.2, -0.15) is 0 Å². The van der Waals surface area contributed by atoms with Crippen LogP contribution in [-0.4, -0.2) is 52.8 Å². The smallest absolute Gasteiger partial charge is 0.316 e. The van der Waals surface area contributed by atoms with Gasteiger partial charge in [-0.05, 0) is 56.3 Å². The first-order chi connectivity index (χ1) is 15.5. The van der Waals surface area contributed by atoms with Crippen molar-refractivity contribution in [2.45, 2.75) is 38.9 Å². The number of urea groups is 1. The normalized spacial score (nSPS) is 19.4. The average Bonchev–Trinajstić information content (AvgIpc) is 3.18. The van der Waals surface area contributed by atoms with E-state index >= 15 is 0 Å². The number of aryl methyl sites for hydroxylation is 2. The lowest BCUT2D eigenvalue weighted by Gasteiger charge is -2.52. The first-order valence-electron chi connectivity index (χ1n) is 10.8. The molecular weight excluding hydrogens is 420 g/mol. The van der Waals surface area contributed by atoms with Crippen molar-refractivity contribution in [2.75, 3.05) is 18.4 Å². The summed E-state index contributed by atoms with van der Waals surface area (Å²) >= 11 is 1.50. The number of piperidine rings is 1. The van der Waals surface area contributed by atoms with E-state index < -0.39 is 0 Å². The van der Waals surface area contributed by atoms with Crippen molar-refractivity contribution < 1.29 is 4.79 Å². The van der Waals surface area contributed by atoms with E-state index in [1.54, 1.807) is 0 Å². The van der Waals surface area contributed by atoms with Crippen molar-refractivity contribution in [3.05, 3.63) is 53.3 Å². The summed E-state index contributed by atoms with van der Waals surface area (Å²) < 4.78 is 0. The van der Waals surface area contributed by atoms with Gasteiger partial charge in [0, 0.05) is 42.1 Å². The number of piperazine rings is 1. The molecule has 2 amide bonds. The maximum absolute atomic E-state index is 13.0. The number of anilines is 1. The van der Waals surface area contributed by atoms with E-state index in [1.165, 1.54) is 11.3 Å². The molecule has 0 radical (unpaired) electrons. The first kappa shape index (κ1) is 20.8. The molecule has 164 valence electrons. The Balaban J connectivity index is 1.52. The molecule has 2 saturated heterocycles. The number of aliphatic imine (C=N–C) groups is 1. The molecule has 0 spiro atoms. The number of hydrogen-bond donors (Lipinski definition) is 2. The summed E-state index contributed by atoms with van der Waals surface area (Å²) in [5.41, 5.74) is 5.89. The third-order valence-electron chi connectivity index (χ3n) is 6.00. The average molecular weight is 447 g/mol. The molecule has 1 aromatic carbocycles. The Kier molecular flexibility index (Phi) is 5.48. The Morgan fingerprint density at radius 2 is 1.94 bits per heavy atom. The van der Waals surface area contributed by atoms with E-state index in [4.69, 9.17) is 4.98 Å². The highest BCUT2D eigenvalue weighted by molar-refractivity contribution is 7.19. The molecule has 8 heteroatoms. The fourth-order valence-corrected chi connectivity index (χ4v) is 5.61. The second-order valence-corrected chi connectivity index (χ2v) is 9.46. The lowest BCUT2D eigenvalue weighted by atomic mass is 9.89. The molecular formula is C24H26N6OS. The van der Waals surface area contributed by atoms with Crippen LogP contribution in [0.25, 0.3) is 21.7 Å². The summed E-state index contributed by atoms with van der Waals surface area (Å²) in [6.45, 7) is 9.86. The molecule has 7 nitrogen and oxygen atoms in total. The molecule has 2 fully saturated rings. The number of aromatic nitrogens is 2. The van der Waals surface area contributed by atoms with Crippen LogP contribution in [0.5, 0.6) is 0 Å². The monoisotopic (exact) mass is 446 g/mol. The zero-order valence-corrected chi connectivity index (χ0v) is 19.1. The fourth-order valence-electron chi connectivity index (χ4n) is 4.65. The van der Waals surface area contributed by atoms with E-state index in [-0.39, 0.29) is 18.1 Å². The van der Waals surface area contributed by atoms with E-state index in [1.807, 2.05) is 36.9 Å². The van der Waals surface area contributed by atoms with Crippen LogP contribution in [-0.2, 0) is 6.54 Å². The molecule has 2 aromatic heterocycles. The number of fused-ring (bicyclic) bond motifs is 2. The van der Waals surface area contributed by atoms with Crippen LogP contribution in [0.1, 0.15) is 23.4 Å². The van der Waals surface area contributed by atoms with Gasteiger partial charge in [0.2, 0.25) is 0 Å². The minimum Gasteiger partial charge on any atom is -0.316 e. The van der Waals surface area contributed by atoms with Crippen LogP contribution < -0.4 is 10.6 Å². The largest absolute Gasteiger partial charge is 0.324 e. The summed E-state index contributed by atoms with van der Waals surface area (Å²) in [6.07, 6.45) is 1.08. The summed E-state index contributed by atoms with van der Waals surface area (Å²) in [4.78, 5) is 29.3. The number of nitrogens with zero attached hydrogens (tertiary/aromatic N) is 4. The number of rotatable bonds is 5. The molecule has 2 N–H and O–H groups in total. The van der Waals surface area contributed by atoms with Crippen LogP contribution in [0.4, 0.5) is 9.93 Å². The summed E-state index contributed by atoms with van der Waals surface area (Å²) in [6, 6.07) is 12.8. The third-order valence-corrected chi connectivity index (χ3v) is 7.02. The zero-order chi connectivity index (χ0) is 22.2. The predicted molar refractivity (Wildman–Crippen MR) is 129 cm³/mol. The fraction of sp³-hybridized carbons (Fsp3) is 0.333. The lowest BCUT2D eigenvalue weighted by molar-refractivity contribution is 0.0309. The molecule has 2 bridgehead atoms. The standard InChI is InChI=1S/C24H26N6OS/c1-14-7-18(8-15(2)27-14)22-21(17-6-4-5-16(9-17)11-25-3)28-23(32-22)29-24(31)30-19-10-20(30)13-26-12-19/h4-9,19-20,26H,3,10-13H2,1-2H3,(H,28,29,31). The van der Waals surface area contributed by atoms with E-state index in [9.17, 15) is 4.79 Å². The molecule has 2 aliphatic heterocycles. The molecule has 2 aliphatic rings. The number of hydrogen-bond acceptors (Lipinski definition) is 6. The highest BCUT2D eigenvalue weighted by Gasteiger charge is 2.44. The summed E-state index contributed by atoms with van der Waals surface area (Å²) in [5.74, 6) is 0. The molecule has 5 rings (SSSR count). The Labute approximate surface area is 191 Å². The molecule has 0 aliphatic carbocycles. The molecule has 32 heavy (non-hydrogen) atoms. The molecule has 0 saturated carbocycles. The van der Waals surface area contributed by atoms with Crippen LogP contribution in [0.15, 0.2) is 41.4 Å². The minimum absolute atomic E-state index is 0.0636. The first-order valence-corrected chi connectivity index (χ1v) is 11.6. The van der Waals surface area contributed by atoms with Gasteiger partial charge in [0.15, 0.2) is 5.13 Å². The SMILES string of the molecule is C=NCc1cccc(-c2nc(NC(=O)N3C4CNCC3C4)sc2-c2cc(C)nc(C)c2)c1. The van der Waals surface area contributed by atoms with Gasteiger partial charge in [0.25, 0.3) is 0 Å². The van der Waals surface area contributed by atoms with Crippen molar-refractivity contribution in [1.82, 2.24) is 20.2 Å². The van der Waals surface area contributed by atoms with Gasteiger partial charge in [-0.25, -0.2) is 9.78 Å². The Hall–Kier alpha value is -3.10. The van der Waals surface area contributed by atoms with Crippen molar-refractivity contribution >= 4 is 29.2 Å². The van der Waals surface area contributed by atoms with Crippen molar-refractivity contribution in [3.63, 3.8) is 0 Å². The van der Waals surface area contributed by atoms with Gasteiger partial charge in [-0.1, -0.05) is 29.5 Å². The maximum Gasteiger partial charge on any atom is 0.324 e. The van der Waals surface area contributed by atoms with Crippen molar-refractivity contribution in [1.29, 1.82) is 0 Å². The van der Waals surface area contributed by atoms with E-state index in [0.29, 0.717) is 11.7 Å². The Morgan fingerprint density at radius 3 is 2.62 bits per heavy atom. The van der Waals surface area contributed by atoms with Crippen LogP contribution in [0, 0.1) is 13.8 Å². The highest BCUT2D eigenvalue weighted by atomic mass is 32.1. The number of carbonyl (C=O) groups excluding carboxylic acids is 1. The molecule has 4 heterocycles. The Morgan fingerprint density at radius 1 is 1.19 bits per heavy atom. The number of benzene rings is 1. The van der Waals surface area contributed by atoms with Crippen molar-refractivity contribution in [3.8, 4) is 21.7 Å². The van der Waals surface area contributed by atoms with Gasteiger partial charge in [-0.15, -0.1) is 0 Å². The van der Waals surface area contributed by atoms with Crippen LogP contribution in [0.2, 0.25) is 0 Å². The number of pyridine rings is 1. The molecule has 2 unspecified atom stereocenters. The summed E-state index contributed by atoms with van der Waals surface area (Å²) in [7, 11) is 0. The second kappa shape index (κ2) is 8.44. The van der Waals surface area contributed by atoms with Crippen molar-refractivity contribution in [2.24, 2.45) is 4.99 Å². The zero-order valence-electron chi connectivity index (χ0n) is 18.3. The minimum atomic E-state index is -0.0636. The summed E-state index contributed by atoms with van der Waals surface area (Å²) in [5, 5.41) is 7.04. The number of nitrogens with one attached hydrogen (secondary N) is 2. The van der Waals surface area contributed by atoms with Crippen LogP contribution in [0.3, 0.4) is 0 Å². The number of amides is 2. The highest BCUT2D eigenvalue weighted by Crippen LogP contribution is 2.40. The quantitative estimate of drug-likeness (QED) is 0.574.